The van der Waals surface area contributed by atoms with Crippen molar-refractivity contribution in [1.29, 1.82) is 0 Å². The molecular formula is C12H13FO. The predicted octanol–water partition coefficient (Wildman–Crippen LogP) is 3.56. The van der Waals surface area contributed by atoms with Crippen LogP contribution in [0.15, 0.2) is 30.1 Å². The van der Waals surface area contributed by atoms with Crippen molar-refractivity contribution >= 4 is 5.57 Å². The third-order valence-corrected chi connectivity index (χ3v) is 2.59. The molecule has 0 heterocycles. The molecule has 2 heteroatoms. The van der Waals surface area contributed by atoms with E-state index in [1.54, 1.807) is 7.11 Å². The summed E-state index contributed by atoms with van der Waals surface area (Å²) in [5.74, 6) is 0.864. The largest absolute Gasteiger partial charge is 0.497 e. The minimum atomic E-state index is 0.0511. The highest BCUT2D eigenvalue weighted by molar-refractivity contribution is 5.69. The summed E-state index contributed by atoms with van der Waals surface area (Å²) in [7, 11) is 1.63. The standard InChI is InChI=1S/C12H13FO/c1-14-10-7-5-9(6-8-10)11-3-2-4-12(11)13/h5-8H,2-4H2,1H3. The zero-order valence-electron chi connectivity index (χ0n) is 8.22. The van der Waals surface area contributed by atoms with Gasteiger partial charge in [-0.25, -0.2) is 4.39 Å². The van der Waals surface area contributed by atoms with E-state index >= 15 is 0 Å². The number of ether oxygens (including phenoxy) is 1. The summed E-state index contributed by atoms with van der Waals surface area (Å²) >= 11 is 0. The van der Waals surface area contributed by atoms with Gasteiger partial charge in [0, 0.05) is 0 Å². The van der Waals surface area contributed by atoms with Crippen molar-refractivity contribution in [3.63, 3.8) is 0 Å². The number of benzene rings is 1. The van der Waals surface area contributed by atoms with Crippen molar-refractivity contribution in [1.82, 2.24) is 0 Å². The van der Waals surface area contributed by atoms with Gasteiger partial charge >= 0.3 is 0 Å². The number of halogens is 1. The number of methoxy groups -OCH3 is 1. The second-order valence-corrected chi connectivity index (χ2v) is 3.47. The summed E-state index contributed by atoms with van der Waals surface area (Å²) in [6.07, 6.45) is 2.40. The fourth-order valence-corrected chi connectivity index (χ4v) is 1.80. The van der Waals surface area contributed by atoms with Crippen molar-refractivity contribution in [2.45, 2.75) is 19.3 Å². The molecule has 0 unspecified atom stereocenters. The Morgan fingerprint density at radius 3 is 2.36 bits per heavy atom. The van der Waals surface area contributed by atoms with Crippen LogP contribution in [-0.2, 0) is 0 Å². The SMILES string of the molecule is COc1ccc(C2=C(F)CCC2)cc1. The highest BCUT2D eigenvalue weighted by Gasteiger charge is 2.15. The van der Waals surface area contributed by atoms with Gasteiger partial charge in [0.1, 0.15) is 11.6 Å². The first-order chi connectivity index (χ1) is 6.81. The van der Waals surface area contributed by atoms with Crippen LogP contribution in [0.1, 0.15) is 24.8 Å². The molecule has 1 aliphatic carbocycles. The molecule has 0 fully saturated rings. The van der Waals surface area contributed by atoms with Crippen LogP contribution >= 0.6 is 0 Å². The van der Waals surface area contributed by atoms with E-state index in [9.17, 15) is 4.39 Å². The number of allylic oxidation sites excluding steroid dienone is 2. The summed E-state index contributed by atoms with van der Waals surface area (Å²) in [4.78, 5) is 0. The molecule has 1 aromatic carbocycles. The number of hydrogen-bond acceptors (Lipinski definition) is 1. The summed E-state index contributed by atoms with van der Waals surface area (Å²) in [6, 6.07) is 7.57. The van der Waals surface area contributed by atoms with E-state index in [0.717, 1.165) is 29.7 Å². The molecule has 1 aromatic rings. The van der Waals surface area contributed by atoms with Gasteiger partial charge in [0.05, 0.1) is 7.11 Å². The molecule has 0 spiro atoms. The van der Waals surface area contributed by atoms with Crippen LogP contribution in [-0.4, -0.2) is 7.11 Å². The van der Waals surface area contributed by atoms with Gasteiger partial charge in [0.15, 0.2) is 0 Å². The Balaban J connectivity index is 2.29. The molecule has 14 heavy (non-hydrogen) atoms. The van der Waals surface area contributed by atoms with Crippen molar-refractivity contribution in [2.75, 3.05) is 7.11 Å². The van der Waals surface area contributed by atoms with Crippen molar-refractivity contribution < 1.29 is 9.13 Å². The minimum absolute atomic E-state index is 0.0511. The van der Waals surface area contributed by atoms with Crippen molar-refractivity contribution in [3.8, 4) is 5.75 Å². The first kappa shape index (κ1) is 9.25. The number of hydrogen-bond donors (Lipinski definition) is 0. The Hall–Kier alpha value is -1.31. The van der Waals surface area contributed by atoms with Crippen LogP contribution < -0.4 is 4.74 Å². The van der Waals surface area contributed by atoms with E-state index in [-0.39, 0.29) is 5.83 Å². The Kier molecular flexibility index (Phi) is 2.53. The molecule has 0 saturated heterocycles. The maximum atomic E-state index is 13.3. The van der Waals surface area contributed by atoms with Gasteiger partial charge in [-0.1, -0.05) is 12.1 Å². The lowest BCUT2D eigenvalue weighted by Gasteiger charge is -2.04. The molecule has 0 amide bonds. The van der Waals surface area contributed by atoms with Gasteiger partial charge < -0.3 is 4.74 Å². The quantitative estimate of drug-likeness (QED) is 0.696. The zero-order chi connectivity index (χ0) is 9.97. The minimum Gasteiger partial charge on any atom is -0.497 e. The lowest BCUT2D eigenvalue weighted by molar-refractivity contribution is 0.415. The second-order valence-electron chi connectivity index (χ2n) is 3.47. The van der Waals surface area contributed by atoms with Crippen LogP contribution in [0.2, 0.25) is 0 Å². The Labute approximate surface area is 83.2 Å². The highest BCUT2D eigenvalue weighted by atomic mass is 19.1. The van der Waals surface area contributed by atoms with E-state index in [1.165, 1.54) is 0 Å². The van der Waals surface area contributed by atoms with Crippen LogP contribution in [0.25, 0.3) is 5.57 Å². The maximum absolute atomic E-state index is 13.3. The van der Waals surface area contributed by atoms with Gasteiger partial charge in [0.25, 0.3) is 0 Å². The third-order valence-electron chi connectivity index (χ3n) is 2.59. The molecule has 0 radical (unpaired) electrons. The lowest BCUT2D eigenvalue weighted by Crippen LogP contribution is -1.85. The molecule has 1 aliphatic rings. The van der Waals surface area contributed by atoms with E-state index < -0.39 is 0 Å². The Morgan fingerprint density at radius 1 is 1.14 bits per heavy atom. The fraction of sp³-hybridized carbons (Fsp3) is 0.333. The molecule has 1 nitrogen and oxygen atoms in total. The van der Waals surface area contributed by atoms with Crippen LogP contribution in [0.4, 0.5) is 4.39 Å². The molecule has 74 valence electrons. The smallest absolute Gasteiger partial charge is 0.118 e. The first-order valence-electron chi connectivity index (χ1n) is 4.83. The molecule has 0 saturated carbocycles. The Morgan fingerprint density at radius 2 is 1.86 bits per heavy atom. The van der Waals surface area contributed by atoms with Gasteiger partial charge in [-0.2, -0.15) is 0 Å². The average molecular weight is 192 g/mol. The van der Waals surface area contributed by atoms with Crippen LogP contribution in [0, 0.1) is 0 Å². The van der Waals surface area contributed by atoms with E-state index in [0.29, 0.717) is 6.42 Å². The summed E-state index contributed by atoms with van der Waals surface area (Å²) in [5, 5.41) is 0. The molecule has 0 bridgehead atoms. The van der Waals surface area contributed by atoms with E-state index in [1.807, 2.05) is 24.3 Å². The topological polar surface area (TPSA) is 9.23 Å². The second kappa shape index (κ2) is 3.82. The third kappa shape index (κ3) is 1.65. The summed E-state index contributed by atoms with van der Waals surface area (Å²) < 4.78 is 18.4. The molecule has 0 aromatic heterocycles. The fourth-order valence-electron chi connectivity index (χ4n) is 1.80. The monoisotopic (exact) mass is 192 g/mol. The van der Waals surface area contributed by atoms with Gasteiger partial charge in [-0.3, -0.25) is 0 Å². The van der Waals surface area contributed by atoms with Crippen LogP contribution in [0.3, 0.4) is 0 Å². The van der Waals surface area contributed by atoms with Crippen molar-refractivity contribution in [2.24, 2.45) is 0 Å². The van der Waals surface area contributed by atoms with Gasteiger partial charge in [-0.15, -0.1) is 0 Å². The summed E-state index contributed by atoms with van der Waals surface area (Å²) in [5.41, 5.74) is 1.86. The van der Waals surface area contributed by atoms with E-state index in [2.05, 4.69) is 0 Å². The Bertz CT molecular complexity index is 351. The van der Waals surface area contributed by atoms with Gasteiger partial charge in [0.2, 0.25) is 0 Å². The molecular weight excluding hydrogens is 179 g/mol. The summed E-state index contributed by atoms with van der Waals surface area (Å²) in [6.45, 7) is 0. The van der Waals surface area contributed by atoms with Crippen molar-refractivity contribution in [3.05, 3.63) is 35.7 Å². The van der Waals surface area contributed by atoms with Gasteiger partial charge in [-0.05, 0) is 42.5 Å². The average Bonchev–Trinajstić information content (AvgIpc) is 2.65. The maximum Gasteiger partial charge on any atom is 0.118 e. The number of rotatable bonds is 2. The predicted molar refractivity (Wildman–Crippen MR) is 54.9 cm³/mol. The lowest BCUT2D eigenvalue weighted by atomic mass is 10.1. The molecule has 0 aliphatic heterocycles. The zero-order valence-corrected chi connectivity index (χ0v) is 8.22. The molecule has 0 N–H and O–H groups in total. The molecule has 2 rings (SSSR count). The van der Waals surface area contributed by atoms with E-state index in [4.69, 9.17) is 4.74 Å². The first-order valence-corrected chi connectivity index (χ1v) is 4.83. The molecule has 0 atom stereocenters. The normalized spacial score (nSPS) is 16.1. The highest BCUT2D eigenvalue weighted by Crippen LogP contribution is 2.34. The van der Waals surface area contributed by atoms with Crippen LogP contribution in [0.5, 0.6) is 5.75 Å².